The van der Waals surface area contributed by atoms with Crippen molar-refractivity contribution < 1.29 is 0 Å². The van der Waals surface area contributed by atoms with Crippen LogP contribution in [0.3, 0.4) is 0 Å². The molecule has 0 aliphatic carbocycles. The molecule has 0 amide bonds. The zero-order valence-electron chi connectivity index (χ0n) is 12.0. The quantitative estimate of drug-likeness (QED) is 0.491. The smallest absolute Gasteiger partial charge is 0.0298 e. The van der Waals surface area contributed by atoms with Crippen LogP contribution in [-0.4, -0.2) is 0 Å². The lowest BCUT2D eigenvalue weighted by atomic mass is 9.89. The fraction of sp³-hybridized carbons (Fsp3) is 0.158. The van der Waals surface area contributed by atoms with Gasteiger partial charge in [-0.05, 0) is 44.3 Å². The summed E-state index contributed by atoms with van der Waals surface area (Å²) in [6.07, 6.45) is 0.962. The van der Waals surface area contributed by atoms with Crippen LogP contribution in [0.2, 0.25) is 0 Å². The van der Waals surface area contributed by atoms with E-state index < -0.39 is 0 Å². The maximum absolute atomic E-state index is 6.29. The predicted molar refractivity (Wildman–Crippen MR) is 94.6 cm³/mol. The fourth-order valence-electron chi connectivity index (χ4n) is 3.30. The maximum Gasteiger partial charge on any atom is 0.0298 e. The summed E-state index contributed by atoms with van der Waals surface area (Å²) in [5.74, 6) is 0. The van der Waals surface area contributed by atoms with E-state index in [0.717, 1.165) is 6.42 Å². The lowest BCUT2D eigenvalue weighted by molar-refractivity contribution is 0.704. The Morgan fingerprint density at radius 1 is 0.810 bits per heavy atom. The molecule has 0 aliphatic heterocycles. The largest absolute Gasteiger partial charge is 0.324 e. The van der Waals surface area contributed by atoms with E-state index in [1.807, 2.05) is 0 Å². The average Bonchev–Trinajstić information content (AvgIpc) is 2.51. The van der Waals surface area contributed by atoms with Gasteiger partial charge in [0.2, 0.25) is 0 Å². The van der Waals surface area contributed by atoms with Crippen molar-refractivity contribution >= 4 is 44.7 Å². The summed E-state index contributed by atoms with van der Waals surface area (Å²) in [7, 11) is 0. The second-order valence-electron chi connectivity index (χ2n) is 5.53. The second-order valence-corrected chi connectivity index (χ2v) is 5.53. The molecule has 21 heavy (non-hydrogen) atoms. The maximum atomic E-state index is 6.29. The van der Waals surface area contributed by atoms with E-state index in [4.69, 9.17) is 5.73 Å². The lowest BCUT2D eigenvalue weighted by Crippen LogP contribution is -2.09. The van der Waals surface area contributed by atoms with E-state index in [1.165, 1.54) is 37.9 Å². The first-order valence-electron chi connectivity index (χ1n) is 7.21. The SMILES string of the molecule is CC[C@@H](N)c1ccc2ccc3cccc4ccc1c2c34.Cl. The molecular weight excluding hydrogens is 278 g/mol. The Kier molecular flexibility index (Phi) is 3.48. The van der Waals surface area contributed by atoms with Crippen molar-refractivity contribution in [2.24, 2.45) is 5.73 Å². The summed E-state index contributed by atoms with van der Waals surface area (Å²) in [6.45, 7) is 2.14. The van der Waals surface area contributed by atoms with Gasteiger partial charge in [-0.15, -0.1) is 12.4 Å². The molecule has 0 bridgehead atoms. The van der Waals surface area contributed by atoms with Crippen LogP contribution >= 0.6 is 12.4 Å². The van der Waals surface area contributed by atoms with Gasteiger partial charge in [0.05, 0.1) is 0 Å². The summed E-state index contributed by atoms with van der Waals surface area (Å²) < 4.78 is 0. The van der Waals surface area contributed by atoms with Gasteiger partial charge in [-0.3, -0.25) is 0 Å². The number of rotatable bonds is 2. The molecule has 4 rings (SSSR count). The van der Waals surface area contributed by atoms with Crippen molar-refractivity contribution in [3.63, 3.8) is 0 Å². The van der Waals surface area contributed by atoms with E-state index in [-0.39, 0.29) is 18.4 Å². The van der Waals surface area contributed by atoms with Gasteiger partial charge in [0.25, 0.3) is 0 Å². The van der Waals surface area contributed by atoms with Crippen LogP contribution in [0.4, 0.5) is 0 Å². The molecule has 0 heterocycles. The van der Waals surface area contributed by atoms with Crippen molar-refractivity contribution in [2.75, 3.05) is 0 Å². The van der Waals surface area contributed by atoms with Gasteiger partial charge in [0.1, 0.15) is 0 Å². The second kappa shape index (κ2) is 5.18. The molecule has 0 saturated heterocycles. The minimum atomic E-state index is 0. The van der Waals surface area contributed by atoms with Crippen molar-refractivity contribution in [1.82, 2.24) is 0 Å². The zero-order valence-corrected chi connectivity index (χ0v) is 12.8. The predicted octanol–water partition coefficient (Wildman–Crippen LogP) is 5.42. The van der Waals surface area contributed by atoms with Gasteiger partial charge in [0, 0.05) is 6.04 Å². The molecule has 1 nitrogen and oxygen atoms in total. The van der Waals surface area contributed by atoms with Gasteiger partial charge in [-0.1, -0.05) is 61.5 Å². The minimum Gasteiger partial charge on any atom is -0.324 e. The standard InChI is InChI=1S/C19H17N.ClH/c1-2-17(20)15-10-8-14-7-6-12-4-3-5-13-9-11-16(15)19(14)18(12)13;/h3-11,17H,2,20H2,1H3;1H/t17-;/m1./s1. The first-order valence-corrected chi connectivity index (χ1v) is 7.21. The number of nitrogens with two attached hydrogens (primary N) is 1. The third-order valence-corrected chi connectivity index (χ3v) is 4.40. The van der Waals surface area contributed by atoms with E-state index >= 15 is 0 Å². The molecule has 0 fully saturated rings. The van der Waals surface area contributed by atoms with Crippen molar-refractivity contribution in [3.8, 4) is 0 Å². The molecule has 106 valence electrons. The minimum absolute atomic E-state index is 0. The molecule has 0 radical (unpaired) electrons. The third kappa shape index (κ3) is 1.97. The number of benzene rings is 4. The Hall–Kier alpha value is -1.83. The molecule has 4 aromatic carbocycles. The van der Waals surface area contributed by atoms with Crippen LogP contribution in [0.25, 0.3) is 32.3 Å². The molecule has 2 heteroatoms. The van der Waals surface area contributed by atoms with Crippen LogP contribution in [-0.2, 0) is 0 Å². The van der Waals surface area contributed by atoms with Crippen molar-refractivity contribution in [1.29, 1.82) is 0 Å². The van der Waals surface area contributed by atoms with E-state index in [9.17, 15) is 0 Å². The summed E-state index contributed by atoms with van der Waals surface area (Å²) in [4.78, 5) is 0. The summed E-state index contributed by atoms with van der Waals surface area (Å²) in [6, 6.07) is 19.9. The molecule has 1 atom stereocenters. The highest BCUT2D eigenvalue weighted by molar-refractivity contribution is 6.23. The van der Waals surface area contributed by atoms with Gasteiger partial charge in [-0.25, -0.2) is 0 Å². The number of hydrogen-bond acceptors (Lipinski definition) is 1. The number of halogens is 1. The molecule has 0 aliphatic rings. The van der Waals surface area contributed by atoms with Crippen LogP contribution in [0.1, 0.15) is 24.9 Å². The molecule has 0 unspecified atom stereocenters. The van der Waals surface area contributed by atoms with Gasteiger partial charge in [-0.2, -0.15) is 0 Å². The zero-order chi connectivity index (χ0) is 13.7. The van der Waals surface area contributed by atoms with Crippen LogP contribution < -0.4 is 5.73 Å². The molecule has 0 aromatic heterocycles. The van der Waals surface area contributed by atoms with Crippen molar-refractivity contribution in [2.45, 2.75) is 19.4 Å². The van der Waals surface area contributed by atoms with Gasteiger partial charge < -0.3 is 5.73 Å². The highest BCUT2D eigenvalue weighted by atomic mass is 35.5. The normalized spacial score (nSPS) is 12.9. The van der Waals surface area contributed by atoms with Gasteiger partial charge in [0.15, 0.2) is 0 Å². The molecular formula is C19H18ClN. The molecule has 0 spiro atoms. The van der Waals surface area contributed by atoms with Crippen LogP contribution in [0.15, 0.2) is 54.6 Å². The van der Waals surface area contributed by atoms with Crippen LogP contribution in [0, 0.1) is 0 Å². The Bertz CT molecular complexity index is 897. The Balaban J connectivity index is 0.00000132. The summed E-state index contributed by atoms with van der Waals surface area (Å²) >= 11 is 0. The van der Waals surface area contributed by atoms with E-state index in [2.05, 4.69) is 61.5 Å². The molecule has 2 N–H and O–H groups in total. The highest BCUT2D eigenvalue weighted by Gasteiger charge is 2.13. The topological polar surface area (TPSA) is 26.0 Å². The lowest BCUT2D eigenvalue weighted by Gasteiger charge is -2.17. The Morgan fingerprint density at radius 3 is 2.05 bits per heavy atom. The van der Waals surface area contributed by atoms with Crippen LogP contribution in [0.5, 0.6) is 0 Å². The van der Waals surface area contributed by atoms with E-state index in [1.54, 1.807) is 0 Å². The average molecular weight is 296 g/mol. The first-order chi connectivity index (χ1) is 9.79. The highest BCUT2D eigenvalue weighted by Crippen LogP contribution is 2.37. The van der Waals surface area contributed by atoms with E-state index in [0.29, 0.717) is 0 Å². The Morgan fingerprint density at radius 2 is 1.38 bits per heavy atom. The first kappa shape index (κ1) is 14.1. The third-order valence-electron chi connectivity index (χ3n) is 4.40. The van der Waals surface area contributed by atoms with Crippen molar-refractivity contribution in [3.05, 3.63) is 60.2 Å². The molecule has 4 aromatic rings. The summed E-state index contributed by atoms with van der Waals surface area (Å²) in [5.41, 5.74) is 7.55. The fourth-order valence-corrected chi connectivity index (χ4v) is 3.30. The summed E-state index contributed by atoms with van der Waals surface area (Å²) in [5, 5.41) is 7.96. The van der Waals surface area contributed by atoms with Gasteiger partial charge >= 0.3 is 0 Å². The Labute approximate surface area is 130 Å². The monoisotopic (exact) mass is 295 g/mol. The molecule has 0 saturated carbocycles. The number of hydrogen-bond donors (Lipinski definition) is 1.